The second-order valence-electron chi connectivity index (χ2n) is 5.27. The summed E-state index contributed by atoms with van der Waals surface area (Å²) in [6.07, 6.45) is 1.06. The van der Waals surface area contributed by atoms with Crippen LogP contribution in [-0.2, 0) is 14.6 Å². The van der Waals surface area contributed by atoms with Crippen molar-refractivity contribution in [1.82, 2.24) is 4.90 Å². The molecule has 6 nitrogen and oxygen atoms in total. The number of amides is 1. The van der Waals surface area contributed by atoms with Gasteiger partial charge in [-0.15, -0.1) is 0 Å². The Bertz CT molecular complexity index is 637. The van der Waals surface area contributed by atoms with Crippen molar-refractivity contribution in [2.75, 3.05) is 19.3 Å². The lowest BCUT2D eigenvalue weighted by molar-refractivity contribution is -0.137. The largest absolute Gasteiger partial charge is 0.480 e. The third-order valence-corrected chi connectivity index (χ3v) is 3.82. The normalized spacial score (nSPS) is 11.4. The van der Waals surface area contributed by atoms with Gasteiger partial charge in [-0.2, -0.15) is 0 Å². The molecule has 0 saturated carbocycles. The Morgan fingerprint density at radius 2 is 1.90 bits per heavy atom. The molecule has 0 spiro atoms. The highest BCUT2D eigenvalue weighted by Gasteiger charge is 2.20. The molecule has 0 fully saturated rings. The van der Waals surface area contributed by atoms with Crippen LogP contribution in [0, 0.1) is 5.92 Å². The van der Waals surface area contributed by atoms with Gasteiger partial charge in [0.25, 0.3) is 5.91 Å². The second-order valence-corrected chi connectivity index (χ2v) is 7.29. The molecule has 0 saturated heterocycles. The van der Waals surface area contributed by atoms with Crippen LogP contribution in [0.4, 0.5) is 0 Å². The molecule has 116 valence electrons. The van der Waals surface area contributed by atoms with Gasteiger partial charge in [-0.3, -0.25) is 9.59 Å². The standard InChI is InChI=1S/C14H19NO5S/c1-10(2)8-15(9-13(16)17)14(18)11-5-4-6-12(7-11)21(3,19)20/h4-7,10H,8-9H2,1-3H3,(H,16,17). The molecule has 7 heteroatoms. The maximum Gasteiger partial charge on any atom is 0.323 e. The van der Waals surface area contributed by atoms with Gasteiger partial charge in [0, 0.05) is 18.4 Å². The molecular formula is C14H19NO5S. The first-order chi connectivity index (χ1) is 9.61. The number of carbonyl (C=O) groups is 2. The van der Waals surface area contributed by atoms with Gasteiger partial charge < -0.3 is 10.0 Å². The van der Waals surface area contributed by atoms with E-state index in [1.54, 1.807) is 0 Å². The fraction of sp³-hybridized carbons (Fsp3) is 0.429. The Hall–Kier alpha value is -1.89. The molecule has 0 aliphatic rings. The molecule has 0 aromatic heterocycles. The molecule has 1 aromatic rings. The number of carbonyl (C=O) groups excluding carboxylic acids is 1. The summed E-state index contributed by atoms with van der Waals surface area (Å²) >= 11 is 0. The molecule has 0 atom stereocenters. The number of nitrogens with zero attached hydrogens (tertiary/aromatic N) is 1. The lowest BCUT2D eigenvalue weighted by Gasteiger charge is -2.23. The predicted octanol–water partition coefficient (Wildman–Crippen LogP) is 1.27. The average molecular weight is 313 g/mol. The number of hydrogen-bond donors (Lipinski definition) is 1. The third-order valence-electron chi connectivity index (χ3n) is 2.71. The Labute approximate surface area is 124 Å². The van der Waals surface area contributed by atoms with Crippen molar-refractivity contribution in [3.8, 4) is 0 Å². The zero-order valence-electron chi connectivity index (χ0n) is 12.2. The van der Waals surface area contributed by atoms with Gasteiger partial charge in [-0.25, -0.2) is 8.42 Å². The summed E-state index contributed by atoms with van der Waals surface area (Å²) in [5.41, 5.74) is 0.167. The molecule has 21 heavy (non-hydrogen) atoms. The van der Waals surface area contributed by atoms with E-state index in [-0.39, 0.29) is 22.9 Å². The molecule has 0 heterocycles. The van der Waals surface area contributed by atoms with Gasteiger partial charge in [0.2, 0.25) is 0 Å². The molecule has 1 N–H and O–H groups in total. The fourth-order valence-electron chi connectivity index (χ4n) is 1.87. The summed E-state index contributed by atoms with van der Waals surface area (Å²) in [5.74, 6) is -1.49. The van der Waals surface area contributed by atoms with Crippen LogP contribution in [0.2, 0.25) is 0 Å². The van der Waals surface area contributed by atoms with Crippen molar-refractivity contribution in [1.29, 1.82) is 0 Å². The van der Waals surface area contributed by atoms with Gasteiger partial charge in [-0.1, -0.05) is 19.9 Å². The van der Waals surface area contributed by atoms with Crippen LogP contribution in [0.25, 0.3) is 0 Å². The Morgan fingerprint density at radius 3 is 2.38 bits per heavy atom. The fourth-order valence-corrected chi connectivity index (χ4v) is 2.53. The van der Waals surface area contributed by atoms with Gasteiger partial charge >= 0.3 is 5.97 Å². The molecule has 1 rings (SSSR count). The minimum absolute atomic E-state index is 0.0353. The second kappa shape index (κ2) is 6.71. The number of rotatable bonds is 6. The van der Waals surface area contributed by atoms with E-state index in [9.17, 15) is 18.0 Å². The summed E-state index contributed by atoms with van der Waals surface area (Å²) in [5, 5.41) is 8.89. The van der Waals surface area contributed by atoms with Crippen LogP contribution in [-0.4, -0.2) is 49.6 Å². The molecule has 0 radical (unpaired) electrons. The van der Waals surface area contributed by atoms with Gasteiger partial charge in [0.15, 0.2) is 9.84 Å². The lowest BCUT2D eigenvalue weighted by Crippen LogP contribution is -2.38. The number of carboxylic acid groups (broad SMARTS) is 1. The summed E-state index contributed by atoms with van der Waals surface area (Å²) in [6.45, 7) is 3.61. The monoisotopic (exact) mass is 313 g/mol. The zero-order valence-corrected chi connectivity index (χ0v) is 13.1. The SMILES string of the molecule is CC(C)CN(CC(=O)O)C(=O)c1cccc(S(C)(=O)=O)c1. The van der Waals surface area contributed by atoms with Crippen molar-refractivity contribution >= 4 is 21.7 Å². The van der Waals surface area contributed by atoms with E-state index >= 15 is 0 Å². The summed E-state index contributed by atoms with van der Waals surface area (Å²) in [4.78, 5) is 24.5. The molecule has 0 aliphatic carbocycles. The molecular weight excluding hydrogens is 294 g/mol. The Kier molecular flexibility index (Phi) is 5.48. The molecule has 1 aromatic carbocycles. The predicted molar refractivity (Wildman–Crippen MR) is 77.9 cm³/mol. The molecule has 0 unspecified atom stereocenters. The van der Waals surface area contributed by atoms with E-state index in [0.29, 0.717) is 0 Å². The van der Waals surface area contributed by atoms with Crippen molar-refractivity contribution < 1.29 is 23.1 Å². The lowest BCUT2D eigenvalue weighted by atomic mass is 10.1. The van der Waals surface area contributed by atoms with Crippen LogP contribution in [0.5, 0.6) is 0 Å². The molecule has 0 aliphatic heterocycles. The van der Waals surface area contributed by atoms with Crippen molar-refractivity contribution in [2.24, 2.45) is 5.92 Å². The summed E-state index contributed by atoms with van der Waals surface area (Å²) in [6, 6.07) is 5.62. The van der Waals surface area contributed by atoms with Gasteiger partial charge in [-0.05, 0) is 24.1 Å². The van der Waals surface area contributed by atoms with Crippen LogP contribution >= 0.6 is 0 Å². The van der Waals surface area contributed by atoms with E-state index in [0.717, 1.165) is 6.26 Å². The minimum atomic E-state index is -3.42. The number of benzene rings is 1. The zero-order chi connectivity index (χ0) is 16.2. The van der Waals surface area contributed by atoms with Gasteiger partial charge in [0.1, 0.15) is 6.54 Å². The molecule has 0 bridgehead atoms. The number of aliphatic carboxylic acids is 1. The van der Waals surface area contributed by atoms with Crippen molar-refractivity contribution in [3.63, 3.8) is 0 Å². The van der Waals surface area contributed by atoms with E-state index < -0.39 is 28.3 Å². The maximum absolute atomic E-state index is 12.4. The highest BCUT2D eigenvalue weighted by atomic mass is 32.2. The van der Waals surface area contributed by atoms with E-state index in [1.165, 1.54) is 29.2 Å². The third kappa shape index (κ3) is 5.18. The van der Waals surface area contributed by atoms with Crippen molar-refractivity contribution in [3.05, 3.63) is 29.8 Å². The van der Waals surface area contributed by atoms with Gasteiger partial charge in [0.05, 0.1) is 4.90 Å². The minimum Gasteiger partial charge on any atom is -0.480 e. The first kappa shape index (κ1) is 17.2. The quantitative estimate of drug-likeness (QED) is 0.854. The van der Waals surface area contributed by atoms with E-state index in [4.69, 9.17) is 5.11 Å². The van der Waals surface area contributed by atoms with E-state index in [1.807, 2.05) is 13.8 Å². The average Bonchev–Trinajstić information content (AvgIpc) is 2.35. The van der Waals surface area contributed by atoms with Crippen LogP contribution < -0.4 is 0 Å². The first-order valence-electron chi connectivity index (χ1n) is 6.42. The van der Waals surface area contributed by atoms with E-state index in [2.05, 4.69) is 0 Å². The highest BCUT2D eigenvalue weighted by Crippen LogP contribution is 2.14. The Morgan fingerprint density at radius 1 is 1.29 bits per heavy atom. The smallest absolute Gasteiger partial charge is 0.323 e. The number of hydrogen-bond acceptors (Lipinski definition) is 4. The number of sulfone groups is 1. The topological polar surface area (TPSA) is 91.8 Å². The maximum atomic E-state index is 12.4. The van der Waals surface area contributed by atoms with Crippen LogP contribution in [0.15, 0.2) is 29.2 Å². The first-order valence-corrected chi connectivity index (χ1v) is 8.31. The van der Waals surface area contributed by atoms with Crippen LogP contribution in [0.3, 0.4) is 0 Å². The van der Waals surface area contributed by atoms with Crippen molar-refractivity contribution in [2.45, 2.75) is 18.7 Å². The Balaban J connectivity index is 3.11. The van der Waals surface area contributed by atoms with Crippen LogP contribution in [0.1, 0.15) is 24.2 Å². The summed E-state index contributed by atoms with van der Waals surface area (Å²) in [7, 11) is -3.42. The highest BCUT2D eigenvalue weighted by molar-refractivity contribution is 7.90. The summed E-state index contributed by atoms with van der Waals surface area (Å²) < 4.78 is 23.0. The molecule has 1 amide bonds. The number of carboxylic acids is 1.